The Kier molecular flexibility index (Phi) is 4.54. The van der Waals surface area contributed by atoms with Crippen LogP contribution in [0, 0.1) is 13.8 Å². The zero-order valence-corrected chi connectivity index (χ0v) is 13.8. The highest BCUT2D eigenvalue weighted by Gasteiger charge is 2.16. The lowest BCUT2D eigenvalue weighted by Gasteiger charge is -2.18. The molecule has 0 aliphatic carbocycles. The van der Waals surface area contributed by atoms with Gasteiger partial charge >= 0.3 is 0 Å². The molecule has 0 bridgehead atoms. The van der Waals surface area contributed by atoms with Crippen LogP contribution in [0.5, 0.6) is 0 Å². The first-order valence-corrected chi connectivity index (χ1v) is 7.43. The number of nitrogens with zero attached hydrogens (tertiary/aromatic N) is 1. The molecule has 5 nitrogen and oxygen atoms in total. The normalized spacial score (nSPS) is 11.0. The number of aromatic nitrogens is 1. The van der Waals surface area contributed by atoms with Gasteiger partial charge in [-0.15, -0.1) is 0 Å². The minimum absolute atomic E-state index is 0.0558. The minimum Gasteiger partial charge on any atom is -0.358 e. The molecule has 22 heavy (non-hydrogen) atoms. The van der Waals surface area contributed by atoms with E-state index >= 15 is 0 Å². The molecule has 2 rings (SSSR count). The van der Waals surface area contributed by atoms with Crippen molar-refractivity contribution in [3.8, 4) is 0 Å². The highest BCUT2D eigenvalue weighted by atomic mass is 16.2. The third-order valence-electron chi connectivity index (χ3n) is 3.73. The number of H-pyrrole nitrogens is 1. The van der Waals surface area contributed by atoms with E-state index in [9.17, 15) is 9.59 Å². The summed E-state index contributed by atoms with van der Waals surface area (Å²) in [5, 5.41) is 3.83. The van der Waals surface area contributed by atoms with Crippen LogP contribution >= 0.6 is 0 Å². The summed E-state index contributed by atoms with van der Waals surface area (Å²) in [5.41, 5.74) is 3.86. The molecular formula is C17H23N3O2. The van der Waals surface area contributed by atoms with Crippen molar-refractivity contribution in [2.24, 2.45) is 0 Å². The first-order chi connectivity index (χ1) is 10.3. The fourth-order valence-corrected chi connectivity index (χ4v) is 2.47. The third-order valence-corrected chi connectivity index (χ3v) is 3.73. The summed E-state index contributed by atoms with van der Waals surface area (Å²) in [6, 6.07) is 5.65. The maximum absolute atomic E-state index is 12.5. The molecule has 118 valence electrons. The summed E-state index contributed by atoms with van der Waals surface area (Å²) in [4.78, 5) is 28.9. The standard InChI is InChI=1S/C17H23N3O2/c1-10(2)18-16(21)9-20(5)17(22)13-6-7-15-14(8-13)11(3)12(4)19-15/h6-8,10,19H,9H2,1-5H3,(H,18,21). The van der Waals surface area contributed by atoms with Crippen molar-refractivity contribution < 1.29 is 9.59 Å². The van der Waals surface area contributed by atoms with E-state index in [0.717, 1.165) is 22.2 Å². The van der Waals surface area contributed by atoms with E-state index in [2.05, 4.69) is 10.3 Å². The van der Waals surface area contributed by atoms with Crippen molar-refractivity contribution in [1.29, 1.82) is 0 Å². The Bertz CT molecular complexity index is 716. The van der Waals surface area contributed by atoms with Crippen molar-refractivity contribution in [1.82, 2.24) is 15.2 Å². The quantitative estimate of drug-likeness (QED) is 0.910. The molecule has 0 unspecified atom stereocenters. The number of amides is 2. The Morgan fingerprint density at radius 2 is 1.95 bits per heavy atom. The number of aryl methyl sites for hydroxylation is 2. The maximum Gasteiger partial charge on any atom is 0.254 e. The molecule has 0 saturated carbocycles. The Morgan fingerprint density at radius 3 is 2.59 bits per heavy atom. The van der Waals surface area contributed by atoms with E-state index in [1.54, 1.807) is 13.1 Å². The lowest BCUT2D eigenvalue weighted by Crippen LogP contribution is -2.40. The summed E-state index contributed by atoms with van der Waals surface area (Å²) in [6.45, 7) is 7.89. The van der Waals surface area contributed by atoms with Crippen LogP contribution in [0.4, 0.5) is 0 Å². The van der Waals surface area contributed by atoms with E-state index < -0.39 is 0 Å². The van der Waals surface area contributed by atoms with Gasteiger partial charge in [0, 0.05) is 35.2 Å². The average Bonchev–Trinajstić information content (AvgIpc) is 2.72. The Labute approximate surface area is 130 Å². The molecule has 0 aliphatic heterocycles. The van der Waals surface area contributed by atoms with Crippen molar-refractivity contribution in [3.63, 3.8) is 0 Å². The molecule has 2 amide bonds. The van der Waals surface area contributed by atoms with Crippen LogP contribution in [-0.4, -0.2) is 41.3 Å². The summed E-state index contributed by atoms with van der Waals surface area (Å²) in [6.07, 6.45) is 0. The van der Waals surface area contributed by atoms with Gasteiger partial charge in [0.2, 0.25) is 5.91 Å². The van der Waals surface area contributed by atoms with Gasteiger partial charge < -0.3 is 15.2 Å². The van der Waals surface area contributed by atoms with Crippen LogP contribution in [0.3, 0.4) is 0 Å². The molecule has 0 spiro atoms. The molecule has 5 heteroatoms. The van der Waals surface area contributed by atoms with Gasteiger partial charge in [-0.1, -0.05) is 0 Å². The Hall–Kier alpha value is -2.30. The topological polar surface area (TPSA) is 65.2 Å². The number of aromatic amines is 1. The van der Waals surface area contributed by atoms with Crippen LogP contribution in [-0.2, 0) is 4.79 Å². The van der Waals surface area contributed by atoms with Crippen molar-refractivity contribution in [2.45, 2.75) is 33.7 Å². The van der Waals surface area contributed by atoms with Gasteiger partial charge in [0.1, 0.15) is 0 Å². The van der Waals surface area contributed by atoms with Crippen molar-refractivity contribution in [3.05, 3.63) is 35.0 Å². The molecule has 0 fully saturated rings. The second kappa shape index (κ2) is 6.22. The molecule has 1 aromatic carbocycles. The molecule has 0 atom stereocenters. The van der Waals surface area contributed by atoms with E-state index in [1.807, 2.05) is 39.8 Å². The smallest absolute Gasteiger partial charge is 0.254 e. The minimum atomic E-state index is -0.154. The van der Waals surface area contributed by atoms with E-state index in [-0.39, 0.29) is 24.4 Å². The van der Waals surface area contributed by atoms with Crippen molar-refractivity contribution in [2.75, 3.05) is 13.6 Å². The largest absolute Gasteiger partial charge is 0.358 e. The van der Waals surface area contributed by atoms with Gasteiger partial charge in [-0.25, -0.2) is 0 Å². The van der Waals surface area contributed by atoms with E-state index in [4.69, 9.17) is 0 Å². The second-order valence-corrected chi connectivity index (χ2v) is 6.02. The van der Waals surface area contributed by atoms with Gasteiger partial charge in [-0.05, 0) is 51.5 Å². The molecule has 2 aromatic rings. The summed E-state index contributed by atoms with van der Waals surface area (Å²) < 4.78 is 0. The molecule has 2 N–H and O–H groups in total. The fourth-order valence-electron chi connectivity index (χ4n) is 2.47. The number of hydrogen-bond acceptors (Lipinski definition) is 2. The lowest BCUT2D eigenvalue weighted by atomic mass is 10.1. The summed E-state index contributed by atoms with van der Waals surface area (Å²) in [5.74, 6) is -0.306. The number of rotatable bonds is 4. The Morgan fingerprint density at radius 1 is 1.27 bits per heavy atom. The molecule has 1 heterocycles. The highest BCUT2D eigenvalue weighted by Crippen LogP contribution is 2.22. The summed E-state index contributed by atoms with van der Waals surface area (Å²) >= 11 is 0. The number of hydrogen-bond donors (Lipinski definition) is 2. The molecule has 0 aliphatic rings. The van der Waals surface area contributed by atoms with Crippen LogP contribution in [0.25, 0.3) is 10.9 Å². The number of likely N-dealkylation sites (N-methyl/N-ethyl adjacent to an activating group) is 1. The predicted molar refractivity (Wildman–Crippen MR) is 88.0 cm³/mol. The predicted octanol–water partition coefficient (Wildman–Crippen LogP) is 2.38. The van der Waals surface area contributed by atoms with E-state index in [0.29, 0.717) is 5.56 Å². The second-order valence-electron chi connectivity index (χ2n) is 6.02. The van der Waals surface area contributed by atoms with Crippen LogP contribution in [0.1, 0.15) is 35.5 Å². The summed E-state index contributed by atoms with van der Waals surface area (Å²) in [7, 11) is 1.64. The number of carbonyl (C=O) groups excluding carboxylic acids is 2. The maximum atomic E-state index is 12.5. The number of benzene rings is 1. The number of nitrogens with one attached hydrogen (secondary N) is 2. The fraction of sp³-hybridized carbons (Fsp3) is 0.412. The molecule has 0 radical (unpaired) electrons. The van der Waals surface area contributed by atoms with Crippen LogP contribution in [0.15, 0.2) is 18.2 Å². The SMILES string of the molecule is Cc1[nH]c2ccc(C(=O)N(C)CC(=O)NC(C)C)cc2c1C. The number of carbonyl (C=O) groups is 2. The molecule has 1 aromatic heterocycles. The van der Waals surface area contributed by atoms with Gasteiger partial charge in [0.25, 0.3) is 5.91 Å². The zero-order valence-electron chi connectivity index (χ0n) is 13.8. The van der Waals surface area contributed by atoms with Gasteiger partial charge in [0.05, 0.1) is 6.54 Å². The lowest BCUT2D eigenvalue weighted by molar-refractivity contribution is -0.122. The van der Waals surface area contributed by atoms with Gasteiger partial charge in [0.15, 0.2) is 0 Å². The third kappa shape index (κ3) is 3.30. The Balaban J connectivity index is 2.18. The van der Waals surface area contributed by atoms with Gasteiger partial charge in [-0.2, -0.15) is 0 Å². The van der Waals surface area contributed by atoms with Gasteiger partial charge in [-0.3, -0.25) is 9.59 Å². The highest BCUT2D eigenvalue weighted by molar-refractivity contribution is 6.00. The van der Waals surface area contributed by atoms with Crippen LogP contribution < -0.4 is 5.32 Å². The molecular weight excluding hydrogens is 278 g/mol. The van der Waals surface area contributed by atoms with Crippen LogP contribution in [0.2, 0.25) is 0 Å². The number of fused-ring (bicyclic) bond motifs is 1. The monoisotopic (exact) mass is 301 g/mol. The first kappa shape index (κ1) is 16.1. The average molecular weight is 301 g/mol. The van der Waals surface area contributed by atoms with E-state index in [1.165, 1.54) is 4.90 Å². The first-order valence-electron chi connectivity index (χ1n) is 7.43. The van der Waals surface area contributed by atoms with Crippen molar-refractivity contribution >= 4 is 22.7 Å². The molecule has 0 saturated heterocycles. The zero-order chi connectivity index (χ0) is 16.4.